The molecule has 5 aromatic carbocycles. The second kappa shape index (κ2) is 17.1. The van der Waals surface area contributed by atoms with E-state index in [2.05, 4.69) is 12.1 Å². The molecule has 2 atom stereocenters. The van der Waals surface area contributed by atoms with E-state index >= 15 is 0 Å². The van der Waals surface area contributed by atoms with E-state index < -0.39 is 16.8 Å². The Bertz CT molecular complexity index is 1990. The molecule has 0 heterocycles. The van der Waals surface area contributed by atoms with Crippen LogP contribution in [0.2, 0.25) is 0 Å². The summed E-state index contributed by atoms with van der Waals surface area (Å²) in [5, 5.41) is 1.89. The first-order valence-electron chi connectivity index (χ1n) is 19.0. The van der Waals surface area contributed by atoms with Crippen molar-refractivity contribution in [2.24, 2.45) is 11.8 Å². The summed E-state index contributed by atoms with van der Waals surface area (Å²) in [6, 6.07) is 42.1. The molecule has 0 spiro atoms. The van der Waals surface area contributed by atoms with Crippen molar-refractivity contribution in [2.75, 3.05) is 14.2 Å². The van der Waals surface area contributed by atoms with Crippen LogP contribution in [0, 0.1) is 11.8 Å². The first-order valence-corrected chi connectivity index (χ1v) is 21.3. The van der Waals surface area contributed by atoms with Gasteiger partial charge in [0.15, 0.2) is 0 Å². The SMILES string of the molecule is COC1=CC2CCCCC2C(c2c3c(cc(OC)c2P(Oc2ccccc2)Oc2ccccc2)CCCC3)=C1P(Oc1ccccc1)Oc1ccccc1. The Balaban J connectivity index is 1.43. The lowest BCUT2D eigenvalue weighted by atomic mass is 9.69. The van der Waals surface area contributed by atoms with Crippen LogP contribution in [0.3, 0.4) is 0 Å². The Morgan fingerprint density at radius 1 is 0.537 bits per heavy atom. The zero-order chi connectivity index (χ0) is 36.7. The molecule has 0 N–H and O–H groups in total. The lowest BCUT2D eigenvalue weighted by molar-refractivity contribution is 0.275. The largest absolute Gasteiger partial charge is 0.496 e. The summed E-state index contributed by atoms with van der Waals surface area (Å²) in [6.45, 7) is 0. The minimum absolute atomic E-state index is 0.207. The summed E-state index contributed by atoms with van der Waals surface area (Å²) < 4.78 is 40.8. The summed E-state index contributed by atoms with van der Waals surface area (Å²) in [4.78, 5) is 0. The molecule has 0 aromatic heterocycles. The van der Waals surface area contributed by atoms with Crippen LogP contribution in [0.25, 0.3) is 5.57 Å². The van der Waals surface area contributed by atoms with Crippen LogP contribution in [-0.4, -0.2) is 14.2 Å². The number of benzene rings is 5. The van der Waals surface area contributed by atoms with Crippen molar-refractivity contribution in [3.05, 3.63) is 161 Å². The van der Waals surface area contributed by atoms with E-state index in [1.165, 1.54) is 23.1 Å². The fraction of sp³-hybridized carbons (Fsp3) is 0.261. The van der Waals surface area contributed by atoms with Gasteiger partial charge in [-0.05, 0) is 128 Å². The van der Waals surface area contributed by atoms with Gasteiger partial charge in [-0.1, -0.05) is 85.6 Å². The molecule has 276 valence electrons. The molecule has 0 radical (unpaired) electrons. The average Bonchev–Trinajstić information content (AvgIpc) is 3.23. The maximum atomic E-state index is 6.99. The van der Waals surface area contributed by atoms with Gasteiger partial charge in [0.05, 0.1) is 14.2 Å². The number of rotatable bonds is 13. The van der Waals surface area contributed by atoms with E-state index in [4.69, 9.17) is 27.6 Å². The molecule has 54 heavy (non-hydrogen) atoms. The second-order valence-corrected chi connectivity index (χ2v) is 16.5. The molecule has 8 heteroatoms. The summed E-state index contributed by atoms with van der Waals surface area (Å²) in [6.07, 6.45) is 10.9. The lowest BCUT2D eigenvalue weighted by Crippen LogP contribution is -2.30. The van der Waals surface area contributed by atoms with Crippen LogP contribution in [-0.2, 0) is 17.6 Å². The molecule has 1 saturated carbocycles. The van der Waals surface area contributed by atoms with Gasteiger partial charge >= 0.3 is 16.8 Å². The molecule has 5 aromatic rings. The first-order chi connectivity index (χ1) is 26.7. The topological polar surface area (TPSA) is 55.4 Å². The summed E-state index contributed by atoms with van der Waals surface area (Å²) in [5.74, 6) is 5.03. The van der Waals surface area contributed by atoms with Crippen molar-refractivity contribution in [1.29, 1.82) is 0 Å². The lowest BCUT2D eigenvalue weighted by Gasteiger charge is -2.40. The highest BCUT2D eigenvalue weighted by Gasteiger charge is 2.44. The molecule has 0 amide bonds. The minimum Gasteiger partial charge on any atom is -0.496 e. The molecule has 1 fully saturated rings. The molecule has 0 bridgehead atoms. The van der Waals surface area contributed by atoms with Gasteiger partial charge in [-0.15, -0.1) is 0 Å². The van der Waals surface area contributed by atoms with Crippen LogP contribution in [0.5, 0.6) is 28.7 Å². The molecule has 0 aliphatic heterocycles. The zero-order valence-corrected chi connectivity index (χ0v) is 32.6. The van der Waals surface area contributed by atoms with Gasteiger partial charge in [-0.2, -0.15) is 0 Å². The zero-order valence-electron chi connectivity index (χ0n) is 30.9. The van der Waals surface area contributed by atoms with Crippen molar-refractivity contribution in [3.8, 4) is 28.7 Å². The van der Waals surface area contributed by atoms with Crippen molar-refractivity contribution >= 4 is 27.6 Å². The van der Waals surface area contributed by atoms with E-state index in [9.17, 15) is 0 Å². The van der Waals surface area contributed by atoms with Gasteiger partial charge in [0.1, 0.15) is 45.1 Å². The van der Waals surface area contributed by atoms with Crippen LogP contribution >= 0.6 is 16.8 Å². The van der Waals surface area contributed by atoms with Crippen molar-refractivity contribution in [3.63, 3.8) is 0 Å². The number of hydrogen-bond acceptors (Lipinski definition) is 6. The number of aryl methyl sites for hydroxylation is 1. The average molecular weight is 757 g/mol. The van der Waals surface area contributed by atoms with Crippen molar-refractivity contribution in [1.82, 2.24) is 0 Å². The minimum atomic E-state index is -1.77. The van der Waals surface area contributed by atoms with Gasteiger partial charge in [0.2, 0.25) is 0 Å². The highest BCUT2D eigenvalue weighted by atomic mass is 31.2. The fourth-order valence-corrected chi connectivity index (χ4v) is 11.3. The first kappa shape index (κ1) is 36.2. The molecule has 3 aliphatic rings. The predicted octanol–water partition coefficient (Wildman–Crippen LogP) is 12.2. The van der Waals surface area contributed by atoms with Gasteiger partial charge in [0.25, 0.3) is 0 Å². The highest BCUT2D eigenvalue weighted by molar-refractivity contribution is 7.57. The number of ether oxygens (including phenoxy) is 2. The molecule has 8 rings (SSSR count). The molecule has 2 unspecified atom stereocenters. The van der Waals surface area contributed by atoms with E-state index in [1.807, 2.05) is 121 Å². The van der Waals surface area contributed by atoms with Crippen molar-refractivity contribution < 1.29 is 27.6 Å². The summed E-state index contributed by atoms with van der Waals surface area (Å²) in [7, 11) is 0.0161. The Morgan fingerprint density at radius 3 is 1.56 bits per heavy atom. The Labute approximate surface area is 321 Å². The Kier molecular flexibility index (Phi) is 11.5. The maximum absolute atomic E-state index is 6.99. The molecular formula is C46H46O6P2. The van der Waals surface area contributed by atoms with E-state index in [1.54, 1.807) is 14.2 Å². The van der Waals surface area contributed by atoms with Gasteiger partial charge in [0, 0.05) is 5.56 Å². The molecule has 3 aliphatic carbocycles. The number of para-hydroxylation sites is 4. The van der Waals surface area contributed by atoms with E-state index in [0.717, 1.165) is 95.6 Å². The number of allylic oxidation sites excluding steroid dienone is 3. The second-order valence-electron chi connectivity index (χ2n) is 13.8. The number of methoxy groups -OCH3 is 2. The quantitative estimate of drug-likeness (QED) is 0.112. The van der Waals surface area contributed by atoms with E-state index in [0.29, 0.717) is 5.92 Å². The van der Waals surface area contributed by atoms with Crippen molar-refractivity contribution in [2.45, 2.75) is 51.4 Å². The van der Waals surface area contributed by atoms with Crippen LogP contribution < -0.4 is 28.1 Å². The third-order valence-electron chi connectivity index (χ3n) is 10.4. The van der Waals surface area contributed by atoms with Gasteiger partial charge < -0.3 is 27.6 Å². The Morgan fingerprint density at radius 2 is 1.04 bits per heavy atom. The van der Waals surface area contributed by atoms with Crippen LogP contribution in [0.1, 0.15) is 55.2 Å². The number of fused-ring (bicyclic) bond motifs is 2. The standard InChI is InChI=1S/C46H46O6P2/c1-47-41-31-33-19-15-17-29-39(33)43(45(41)53(49-35-21-7-3-8-22-35)50-36-23-9-4-10-24-36)44-40-30-18-16-20-34(40)32-42(48-2)46(44)54(51-37-25-11-5-12-26-37)52-38-27-13-6-14-28-38/h3-14,21-28,31-33,39H,15-20,29-30H2,1-2H3. The molecule has 0 saturated heterocycles. The van der Waals surface area contributed by atoms with E-state index in [-0.39, 0.29) is 5.92 Å². The van der Waals surface area contributed by atoms with Crippen LogP contribution in [0.4, 0.5) is 0 Å². The number of hydrogen-bond donors (Lipinski definition) is 0. The Hall–Kier alpha value is -4.76. The smallest absolute Gasteiger partial charge is 0.330 e. The maximum Gasteiger partial charge on any atom is 0.330 e. The molecular weight excluding hydrogens is 710 g/mol. The monoisotopic (exact) mass is 756 g/mol. The summed E-state index contributed by atoms with van der Waals surface area (Å²) >= 11 is 0. The third kappa shape index (κ3) is 7.88. The van der Waals surface area contributed by atoms with Crippen LogP contribution in [0.15, 0.2) is 145 Å². The highest BCUT2D eigenvalue weighted by Crippen LogP contribution is 2.61. The normalized spacial score (nSPS) is 18.0. The third-order valence-corrected chi connectivity index (χ3v) is 13.6. The predicted molar refractivity (Wildman–Crippen MR) is 219 cm³/mol. The van der Waals surface area contributed by atoms with Gasteiger partial charge in [-0.3, -0.25) is 0 Å². The molecule has 6 nitrogen and oxygen atoms in total. The van der Waals surface area contributed by atoms with Gasteiger partial charge in [-0.25, -0.2) is 0 Å². The fourth-order valence-electron chi connectivity index (χ4n) is 7.98. The summed E-state index contributed by atoms with van der Waals surface area (Å²) in [5.41, 5.74) is 5.01.